The first kappa shape index (κ1) is 16.0. The first-order valence-electron chi connectivity index (χ1n) is 8.31. The smallest absolute Gasteiger partial charge is 0.222 e. The van der Waals surface area contributed by atoms with Gasteiger partial charge in [-0.05, 0) is 53.9 Å². The van der Waals surface area contributed by atoms with E-state index in [-0.39, 0.29) is 29.0 Å². The normalized spacial score (nSPS) is 22.2. The zero-order chi connectivity index (χ0) is 16.6. The van der Waals surface area contributed by atoms with Crippen molar-refractivity contribution in [2.24, 2.45) is 5.73 Å². The van der Waals surface area contributed by atoms with Gasteiger partial charge in [0, 0.05) is 25.9 Å². The SMILES string of the molecule is CCC(=O)N1CCC2(CC1)CC(CC(N)=O)c1ccc(F)cc12. The highest BCUT2D eigenvalue weighted by molar-refractivity contribution is 5.76. The molecule has 0 saturated carbocycles. The van der Waals surface area contributed by atoms with Gasteiger partial charge in [-0.3, -0.25) is 9.59 Å². The average molecular weight is 318 g/mol. The summed E-state index contributed by atoms with van der Waals surface area (Å²) in [6.07, 6.45) is 3.29. The largest absolute Gasteiger partial charge is 0.370 e. The summed E-state index contributed by atoms with van der Waals surface area (Å²) in [5, 5.41) is 0. The molecule has 0 radical (unpaired) electrons. The van der Waals surface area contributed by atoms with Gasteiger partial charge >= 0.3 is 0 Å². The van der Waals surface area contributed by atoms with Gasteiger partial charge in [0.15, 0.2) is 0 Å². The van der Waals surface area contributed by atoms with Crippen LogP contribution in [0.3, 0.4) is 0 Å². The molecule has 23 heavy (non-hydrogen) atoms. The minimum Gasteiger partial charge on any atom is -0.370 e. The Kier molecular flexibility index (Phi) is 4.13. The molecular formula is C18H23FN2O2. The van der Waals surface area contributed by atoms with Crippen molar-refractivity contribution in [3.8, 4) is 0 Å². The van der Waals surface area contributed by atoms with Gasteiger partial charge in [-0.15, -0.1) is 0 Å². The number of nitrogens with two attached hydrogens (primary N) is 1. The second-order valence-electron chi connectivity index (χ2n) is 6.82. The van der Waals surface area contributed by atoms with E-state index in [4.69, 9.17) is 5.73 Å². The summed E-state index contributed by atoms with van der Waals surface area (Å²) < 4.78 is 13.8. The molecule has 0 bridgehead atoms. The molecule has 2 aliphatic rings. The molecule has 5 heteroatoms. The topological polar surface area (TPSA) is 63.4 Å². The van der Waals surface area contributed by atoms with E-state index in [2.05, 4.69) is 0 Å². The molecular weight excluding hydrogens is 295 g/mol. The number of amides is 2. The van der Waals surface area contributed by atoms with Crippen LogP contribution in [0.5, 0.6) is 0 Å². The van der Waals surface area contributed by atoms with Crippen LogP contribution >= 0.6 is 0 Å². The molecule has 2 amide bonds. The standard InChI is InChI=1S/C18H23FN2O2/c1-2-17(23)21-7-5-18(6-8-21)11-12(9-16(20)22)14-4-3-13(19)10-15(14)18/h3-4,10,12H,2,5-9,11H2,1H3,(H2,20,22). The molecule has 1 unspecified atom stereocenters. The van der Waals surface area contributed by atoms with Gasteiger partial charge in [-0.1, -0.05) is 13.0 Å². The van der Waals surface area contributed by atoms with E-state index in [0.717, 1.165) is 30.4 Å². The second kappa shape index (κ2) is 5.95. The third kappa shape index (κ3) is 2.84. The number of carbonyl (C=O) groups excluding carboxylic acids is 2. The maximum Gasteiger partial charge on any atom is 0.222 e. The van der Waals surface area contributed by atoms with Crippen molar-refractivity contribution in [1.29, 1.82) is 0 Å². The molecule has 1 saturated heterocycles. The number of hydrogen-bond donors (Lipinski definition) is 1. The van der Waals surface area contributed by atoms with Gasteiger partial charge in [0.05, 0.1) is 0 Å². The molecule has 1 aliphatic heterocycles. The zero-order valence-electron chi connectivity index (χ0n) is 13.5. The van der Waals surface area contributed by atoms with E-state index in [1.165, 1.54) is 6.07 Å². The van der Waals surface area contributed by atoms with Gasteiger partial charge in [-0.25, -0.2) is 4.39 Å². The number of carbonyl (C=O) groups is 2. The summed E-state index contributed by atoms with van der Waals surface area (Å²) >= 11 is 0. The Morgan fingerprint density at radius 3 is 2.65 bits per heavy atom. The lowest BCUT2D eigenvalue weighted by Gasteiger charge is -2.40. The quantitative estimate of drug-likeness (QED) is 0.930. The number of piperidine rings is 1. The Labute approximate surface area is 135 Å². The van der Waals surface area contributed by atoms with Crippen molar-refractivity contribution >= 4 is 11.8 Å². The molecule has 1 spiro atoms. The van der Waals surface area contributed by atoms with Gasteiger partial charge in [0.2, 0.25) is 11.8 Å². The fraction of sp³-hybridized carbons (Fsp3) is 0.556. The second-order valence-corrected chi connectivity index (χ2v) is 6.82. The van der Waals surface area contributed by atoms with E-state index in [1.54, 1.807) is 12.1 Å². The summed E-state index contributed by atoms with van der Waals surface area (Å²) in [6, 6.07) is 4.88. The number of fused-ring (bicyclic) bond motifs is 2. The summed E-state index contributed by atoms with van der Waals surface area (Å²) in [4.78, 5) is 25.2. The highest BCUT2D eigenvalue weighted by Crippen LogP contribution is 2.52. The zero-order valence-corrected chi connectivity index (χ0v) is 13.5. The van der Waals surface area contributed by atoms with Crippen molar-refractivity contribution in [2.45, 2.75) is 50.4 Å². The molecule has 4 nitrogen and oxygen atoms in total. The van der Waals surface area contributed by atoms with E-state index >= 15 is 0 Å². The third-order valence-corrected chi connectivity index (χ3v) is 5.49. The predicted octanol–water partition coefficient (Wildman–Crippen LogP) is 2.46. The van der Waals surface area contributed by atoms with Crippen LogP contribution < -0.4 is 5.73 Å². The molecule has 1 aromatic rings. The summed E-state index contributed by atoms with van der Waals surface area (Å²) in [6.45, 7) is 3.27. The minimum absolute atomic E-state index is 0.0662. The maximum atomic E-state index is 13.8. The lowest BCUT2D eigenvalue weighted by Crippen LogP contribution is -2.44. The van der Waals surface area contributed by atoms with Gasteiger partial charge in [0.1, 0.15) is 5.82 Å². The molecule has 1 heterocycles. The molecule has 1 fully saturated rings. The Morgan fingerprint density at radius 2 is 2.04 bits per heavy atom. The molecule has 124 valence electrons. The number of likely N-dealkylation sites (tertiary alicyclic amines) is 1. The van der Waals surface area contributed by atoms with Crippen LogP contribution in [0.15, 0.2) is 18.2 Å². The van der Waals surface area contributed by atoms with Crippen LogP contribution in [0.4, 0.5) is 4.39 Å². The Bertz CT molecular complexity index is 636. The average Bonchev–Trinajstić information content (AvgIpc) is 2.80. The highest BCUT2D eigenvalue weighted by Gasteiger charge is 2.46. The number of primary amides is 1. The highest BCUT2D eigenvalue weighted by atomic mass is 19.1. The first-order valence-corrected chi connectivity index (χ1v) is 8.31. The predicted molar refractivity (Wildman–Crippen MR) is 85.4 cm³/mol. The Balaban J connectivity index is 1.88. The molecule has 0 aromatic heterocycles. The van der Waals surface area contributed by atoms with Crippen LogP contribution in [-0.4, -0.2) is 29.8 Å². The number of rotatable bonds is 3. The summed E-state index contributed by atoms with van der Waals surface area (Å²) in [5.74, 6) is -0.321. The molecule has 3 rings (SSSR count). The van der Waals surface area contributed by atoms with Crippen LogP contribution in [0, 0.1) is 5.82 Å². The fourth-order valence-corrected chi connectivity index (χ4v) is 4.34. The Hall–Kier alpha value is -1.91. The third-order valence-electron chi connectivity index (χ3n) is 5.49. The maximum absolute atomic E-state index is 13.8. The van der Waals surface area contributed by atoms with Crippen LogP contribution in [0.2, 0.25) is 0 Å². The monoisotopic (exact) mass is 318 g/mol. The van der Waals surface area contributed by atoms with E-state index in [9.17, 15) is 14.0 Å². The van der Waals surface area contributed by atoms with E-state index < -0.39 is 0 Å². The van der Waals surface area contributed by atoms with Gasteiger partial charge in [-0.2, -0.15) is 0 Å². The van der Waals surface area contributed by atoms with Gasteiger partial charge in [0.25, 0.3) is 0 Å². The van der Waals surface area contributed by atoms with Gasteiger partial charge < -0.3 is 10.6 Å². The Morgan fingerprint density at radius 1 is 1.35 bits per heavy atom. The van der Waals surface area contributed by atoms with Crippen molar-refractivity contribution in [1.82, 2.24) is 4.90 Å². The molecule has 1 aliphatic carbocycles. The van der Waals surface area contributed by atoms with Crippen molar-refractivity contribution < 1.29 is 14.0 Å². The minimum atomic E-state index is -0.319. The van der Waals surface area contributed by atoms with E-state index in [0.29, 0.717) is 25.9 Å². The number of benzene rings is 1. The summed E-state index contributed by atoms with van der Waals surface area (Å²) in [5.41, 5.74) is 7.34. The lowest BCUT2D eigenvalue weighted by atomic mass is 9.73. The van der Waals surface area contributed by atoms with Crippen molar-refractivity contribution in [3.05, 3.63) is 35.1 Å². The van der Waals surface area contributed by atoms with E-state index in [1.807, 2.05) is 11.8 Å². The van der Waals surface area contributed by atoms with Crippen molar-refractivity contribution in [2.75, 3.05) is 13.1 Å². The number of hydrogen-bond acceptors (Lipinski definition) is 2. The number of nitrogens with zero attached hydrogens (tertiary/aromatic N) is 1. The van der Waals surface area contributed by atoms with Crippen LogP contribution in [0.25, 0.3) is 0 Å². The van der Waals surface area contributed by atoms with Crippen LogP contribution in [-0.2, 0) is 15.0 Å². The first-order chi connectivity index (χ1) is 10.9. The molecule has 1 aromatic carbocycles. The fourth-order valence-electron chi connectivity index (χ4n) is 4.34. The van der Waals surface area contributed by atoms with Crippen molar-refractivity contribution in [3.63, 3.8) is 0 Å². The lowest BCUT2D eigenvalue weighted by molar-refractivity contribution is -0.132. The van der Waals surface area contributed by atoms with Crippen LogP contribution in [0.1, 0.15) is 56.1 Å². The molecule has 2 N–H and O–H groups in total. The number of halogens is 1. The molecule has 1 atom stereocenters. The summed E-state index contributed by atoms with van der Waals surface area (Å²) in [7, 11) is 0.